The van der Waals surface area contributed by atoms with Crippen LogP contribution >= 0.6 is 11.3 Å². The molecule has 0 aliphatic rings. The fraction of sp³-hybridized carbons (Fsp3) is 0. The van der Waals surface area contributed by atoms with Crippen molar-refractivity contribution in [1.29, 1.82) is 0 Å². The summed E-state index contributed by atoms with van der Waals surface area (Å²) in [6.07, 6.45) is 2.05. The van der Waals surface area contributed by atoms with Crippen LogP contribution in [0.4, 0.5) is 0 Å². The van der Waals surface area contributed by atoms with E-state index in [1.54, 1.807) is 11.3 Å². The number of para-hydroxylation sites is 5. The summed E-state index contributed by atoms with van der Waals surface area (Å²) >= 11 is 1.76. The first-order valence-corrected chi connectivity index (χ1v) is 17.0. The number of hydrogen-bond donors (Lipinski definition) is 0. The molecule has 0 saturated heterocycles. The van der Waals surface area contributed by atoms with E-state index < -0.39 is 0 Å². The highest BCUT2D eigenvalue weighted by molar-refractivity contribution is 7.25. The second-order valence-corrected chi connectivity index (χ2v) is 13.5. The minimum atomic E-state index is 1.05. The van der Waals surface area contributed by atoms with E-state index in [9.17, 15) is 0 Å². The molecule has 4 nitrogen and oxygen atoms in total. The standard InChI is InChI=1S/C43H26N4S/c1-2-12-27(13-3-1)46-38-20-10-6-16-32(38)41-33-17-7-11-21-39(33)47(43(41)46)29-25-35-34-24-28(22-23-40(34)48-42(35)44-26-29)45-36-18-8-4-14-30(36)31-15-5-9-19-37(31)45/h1-26H. The van der Waals surface area contributed by atoms with Crippen molar-refractivity contribution in [3.63, 3.8) is 0 Å². The molecule has 11 rings (SSSR count). The van der Waals surface area contributed by atoms with E-state index in [1.807, 2.05) is 6.20 Å². The van der Waals surface area contributed by atoms with E-state index in [0.717, 1.165) is 27.5 Å². The maximum absolute atomic E-state index is 5.12. The van der Waals surface area contributed by atoms with Crippen molar-refractivity contribution >= 4 is 86.3 Å². The number of thiophene rings is 1. The highest BCUT2D eigenvalue weighted by Gasteiger charge is 2.22. The van der Waals surface area contributed by atoms with Crippen molar-refractivity contribution in [2.75, 3.05) is 0 Å². The molecule has 0 aliphatic carbocycles. The van der Waals surface area contributed by atoms with E-state index in [2.05, 4.69) is 165 Å². The van der Waals surface area contributed by atoms with Crippen molar-refractivity contribution in [3.05, 3.63) is 158 Å². The van der Waals surface area contributed by atoms with Crippen molar-refractivity contribution in [1.82, 2.24) is 18.7 Å². The van der Waals surface area contributed by atoms with Crippen molar-refractivity contribution < 1.29 is 0 Å². The van der Waals surface area contributed by atoms with Crippen LogP contribution in [0.2, 0.25) is 0 Å². The van der Waals surface area contributed by atoms with Crippen LogP contribution in [-0.4, -0.2) is 18.7 Å². The first-order valence-electron chi connectivity index (χ1n) is 16.2. The molecule has 5 aromatic heterocycles. The number of pyridine rings is 1. The summed E-state index contributed by atoms with van der Waals surface area (Å²) in [5.41, 5.74) is 9.29. The van der Waals surface area contributed by atoms with Gasteiger partial charge in [0.1, 0.15) is 10.5 Å². The maximum atomic E-state index is 5.12. The van der Waals surface area contributed by atoms with Crippen LogP contribution < -0.4 is 0 Å². The predicted molar refractivity (Wildman–Crippen MR) is 203 cm³/mol. The SMILES string of the molecule is c1ccc(-n2c3ccccc3c3c4ccccc4n(-c4cnc5sc6ccc(-n7c8ccccc8c8ccccc87)cc6c5c4)c32)cc1. The fourth-order valence-corrected chi connectivity index (χ4v) is 8.90. The monoisotopic (exact) mass is 630 g/mol. The zero-order chi connectivity index (χ0) is 31.3. The molecule has 5 heteroatoms. The molecule has 0 spiro atoms. The lowest BCUT2D eigenvalue weighted by Crippen LogP contribution is -2.01. The number of hydrogen-bond acceptors (Lipinski definition) is 2. The average Bonchev–Trinajstić information content (AvgIpc) is 3.87. The van der Waals surface area contributed by atoms with Crippen LogP contribution in [0, 0.1) is 0 Å². The molecule has 0 atom stereocenters. The van der Waals surface area contributed by atoms with E-state index in [-0.39, 0.29) is 0 Å². The summed E-state index contributed by atoms with van der Waals surface area (Å²) in [6, 6.07) is 54.8. The smallest absolute Gasteiger partial charge is 0.131 e. The highest BCUT2D eigenvalue weighted by atomic mass is 32.1. The lowest BCUT2D eigenvalue weighted by molar-refractivity contribution is 1.06. The average molecular weight is 631 g/mol. The second kappa shape index (κ2) is 9.67. The Balaban J connectivity index is 1.21. The lowest BCUT2D eigenvalue weighted by Gasteiger charge is -2.13. The molecule has 0 bridgehead atoms. The number of benzene rings is 6. The molecule has 0 aliphatic heterocycles. The third kappa shape index (κ3) is 3.46. The molecular weight excluding hydrogens is 605 g/mol. The van der Waals surface area contributed by atoms with Gasteiger partial charge in [0.25, 0.3) is 0 Å². The Kier molecular flexibility index (Phi) is 5.23. The van der Waals surface area contributed by atoms with E-state index in [4.69, 9.17) is 4.98 Å². The Morgan fingerprint density at radius 3 is 1.56 bits per heavy atom. The lowest BCUT2D eigenvalue weighted by atomic mass is 10.1. The molecule has 6 aromatic carbocycles. The van der Waals surface area contributed by atoms with E-state index in [1.165, 1.54) is 64.5 Å². The first kappa shape index (κ1) is 26.0. The molecular formula is C43H26N4S. The summed E-state index contributed by atoms with van der Waals surface area (Å²) in [7, 11) is 0. The summed E-state index contributed by atoms with van der Waals surface area (Å²) in [6.45, 7) is 0. The molecule has 0 amide bonds. The van der Waals surface area contributed by atoms with Gasteiger partial charge in [-0.25, -0.2) is 4.98 Å². The molecule has 48 heavy (non-hydrogen) atoms. The van der Waals surface area contributed by atoms with E-state index in [0.29, 0.717) is 0 Å². The minimum absolute atomic E-state index is 1.05. The van der Waals surface area contributed by atoms with Crippen LogP contribution in [0.1, 0.15) is 0 Å². The zero-order valence-electron chi connectivity index (χ0n) is 25.7. The number of rotatable bonds is 3. The molecule has 11 aromatic rings. The van der Waals surface area contributed by atoms with Gasteiger partial charge in [-0.05, 0) is 60.7 Å². The third-order valence-electron chi connectivity index (χ3n) is 9.88. The summed E-state index contributed by atoms with van der Waals surface area (Å²) in [4.78, 5) is 6.16. The summed E-state index contributed by atoms with van der Waals surface area (Å²) in [5, 5.41) is 8.67. The highest BCUT2D eigenvalue weighted by Crippen LogP contribution is 2.42. The Hall–Kier alpha value is -6.17. The number of nitrogens with zero attached hydrogens (tertiary/aromatic N) is 4. The number of fused-ring (bicyclic) bond motifs is 11. The first-order chi connectivity index (χ1) is 23.8. The van der Waals surface area contributed by atoms with Crippen molar-refractivity contribution in [2.45, 2.75) is 0 Å². The van der Waals surface area contributed by atoms with Gasteiger partial charge in [0.2, 0.25) is 0 Å². The van der Waals surface area contributed by atoms with Crippen molar-refractivity contribution in [3.8, 4) is 17.1 Å². The van der Waals surface area contributed by atoms with Gasteiger partial charge in [-0.1, -0.05) is 91.0 Å². The van der Waals surface area contributed by atoms with Gasteiger partial charge in [-0.2, -0.15) is 0 Å². The van der Waals surface area contributed by atoms with Crippen LogP contribution in [0.25, 0.3) is 92.0 Å². The van der Waals surface area contributed by atoms with Crippen molar-refractivity contribution in [2.24, 2.45) is 0 Å². The topological polar surface area (TPSA) is 27.7 Å². The molecule has 0 fully saturated rings. The molecule has 0 radical (unpaired) electrons. The molecule has 224 valence electrons. The maximum Gasteiger partial charge on any atom is 0.131 e. The van der Waals surface area contributed by atoms with Crippen LogP contribution in [0.5, 0.6) is 0 Å². The molecule has 5 heterocycles. The number of aromatic nitrogens is 4. The Bertz CT molecular complexity index is 3010. The quantitative estimate of drug-likeness (QED) is 0.191. The Morgan fingerprint density at radius 2 is 0.917 bits per heavy atom. The molecule has 0 N–H and O–H groups in total. The predicted octanol–water partition coefficient (Wildman–Crippen LogP) is 11.6. The van der Waals surface area contributed by atoms with Gasteiger partial charge < -0.3 is 4.57 Å². The molecule has 0 saturated carbocycles. The minimum Gasteiger partial charge on any atom is -0.309 e. The zero-order valence-corrected chi connectivity index (χ0v) is 26.5. The Labute approximate surface area is 278 Å². The molecule has 0 unspecified atom stereocenters. The van der Waals surface area contributed by atoms with Gasteiger partial charge in [-0.15, -0.1) is 11.3 Å². The third-order valence-corrected chi connectivity index (χ3v) is 11.0. The van der Waals surface area contributed by atoms with Gasteiger partial charge in [0.05, 0.1) is 34.0 Å². The largest absolute Gasteiger partial charge is 0.309 e. The van der Waals surface area contributed by atoms with Gasteiger partial charge in [-0.3, -0.25) is 9.13 Å². The Morgan fingerprint density at radius 1 is 0.396 bits per heavy atom. The van der Waals surface area contributed by atoms with E-state index >= 15 is 0 Å². The fourth-order valence-electron chi connectivity index (χ4n) is 7.90. The summed E-state index contributed by atoms with van der Waals surface area (Å²) in [5.74, 6) is 0. The van der Waals surface area contributed by atoms with Gasteiger partial charge in [0, 0.05) is 53.8 Å². The normalized spacial score (nSPS) is 12.2. The van der Waals surface area contributed by atoms with Gasteiger partial charge >= 0.3 is 0 Å². The second-order valence-electron chi connectivity index (χ2n) is 12.4. The van der Waals surface area contributed by atoms with Crippen LogP contribution in [0.15, 0.2) is 158 Å². The van der Waals surface area contributed by atoms with Crippen LogP contribution in [-0.2, 0) is 0 Å². The van der Waals surface area contributed by atoms with Crippen LogP contribution in [0.3, 0.4) is 0 Å². The van der Waals surface area contributed by atoms with Gasteiger partial charge in [0.15, 0.2) is 0 Å². The summed E-state index contributed by atoms with van der Waals surface area (Å²) < 4.78 is 8.44.